The highest BCUT2D eigenvalue weighted by Gasteiger charge is 2.30. The van der Waals surface area contributed by atoms with Gasteiger partial charge in [0.15, 0.2) is 5.76 Å². The summed E-state index contributed by atoms with van der Waals surface area (Å²) in [6.07, 6.45) is 5.50. The maximum Gasteiger partial charge on any atom is 0.235 e. The van der Waals surface area contributed by atoms with E-state index in [1.165, 1.54) is 11.8 Å². The van der Waals surface area contributed by atoms with E-state index < -0.39 is 0 Å². The smallest absolute Gasteiger partial charge is 0.235 e. The second-order valence-corrected chi connectivity index (χ2v) is 8.63. The van der Waals surface area contributed by atoms with Crippen LogP contribution in [0.4, 0.5) is 5.69 Å². The number of ether oxygens (including phenoxy) is 1. The van der Waals surface area contributed by atoms with E-state index in [0.29, 0.717) is 5.75 Å². The Morgan fingerprint density at radius 2 is 1.88 bits per heavy atom. The number of aryl methyl sites for hydroxylation is 1. The molecule has 0 spiro atoms. The average Bonchev–Trinajstić information content (AvgIpc) is 3.37. The van der Waals surface area contributed by atoms with Crippen LogP contribution in [0.1, 0.15) is 15.9 Å². The van der Waals surface area contributed by atoms with Gasteiger partial charge in [-0.1, -0.05) is 18.2 Å². The Kier molecular flexibility index (Phi) is 4.85. The van der Waals surface area contributed by atoms with Crippen LogP contribution in [0.3, 0.4) is 0 Å². The fraction of sp³-hybridized carbons (Fsp3) is 0.185. The molecule has 7 heteroatoms. The summed E-state index contributed by atoms with van der Waals surface area (Å²) in [5.41, 5.74) is 5.19. The lowest BCUT2D eigenvalue weighted by atomic mass is 10.00. The van der Waals surface area contributed by atoms with Crippen molar-refractivity contribution in [1.82, 2.24) is 14.9 Å². The first-order chi connectivity index (χ1) is 16.6. The lowest BCUT2D eigenvalue weighted by Crippen LogP contribution is -2.43. The Bertz CT molecular complexity index is 1450. The van der Waals surface area contributed by atoms with E-state index in [1.807, 2.05) is 30.1 Å². The van der Waals surface area contributed by atoms with Crippen LogP contribution in [0, 0.1) is 0 Å². The van der Waals surface area contributed by atoms with Crippen LogP contribution < -0.4 is 15.0 Å². The van der Waals surface area contributed by atoms with Crippen molar-refractivity contribution >= 4 is 28.6 Å². The number of phenols is 1. The number of hydrogen-bond donors (Lipinski definition) is 2. The molecule has 2 aromatic heterocycles. The number of benzene rings is 2. The zero-order valence-electron chi connectivity index (χ0n) is 18.8. The molecule has 0 bridgehead atoms. The standard InChI is InChI=1S/C27H24N4O3/c1-30-16-18(15-23-26(33)25-21(32)3-2-4-22(25)34-23)24-20(9-10-29-27(24)30)17-5-7-19(8-6-17)31-13-11-28-12-14-31/h2-10,15-16,28,32H,11-14H2,1H3. The van der Waals surface area contributed by atoms with Crippen molar-refractivity contribution < 1.29 is 14.6 Å². The summed E-state index contributed by atoms with van der Waals surface area (Å²) in [7, 11) is 1.94. The van der Waals surface area contributed by atoms with Crippen molar-refractivity contribution in [2.75, 3.05) is 31.1 Å². The number of ketones is 1. The van der Waals surface area contributed by atoms with Gasteiger partial charge in [0.05, 0.1) is 0 Å². The van der Waals surface area contributed by atoms with E-state index in [-0.39, 0.29) is 22.9 Å². The first kappa shape index (κ1) is 20.5. The van der Waals surface area contributed by atoms with E-state index in [1.54, 1.807) is 18.2 Å². The van der Waals surface area contributed by atoms with Crippen LogP contribution in [0.2, 0.25) is 0 Å². The molecule has 1 saturated heterocycles. The second kappa shape index (κ2) is 8.04. The predicted molar refractivity (Wildman–Crippen MR) is 132 cm³/mol. The van der Waals surface area contributed by atoms with Crippen LogP contribution in [0.25, 0.3) is 28.2 Å². The highest BCUT2D eigenvalue weighted by atomic mass is 16.5. The minimum absolute atomic E-state index is 0.0734. The number of carbonyl (C=O) groups is 1. The number of allylic oxidation sites excluding steroid dienone is 1. The molecule has 4 heterocycles. The van der Waals surface area contributed by atoms with Gasteiger partial charge in [0.25, 0.3) is 0 Å². The number of phenolic OH excluding ortho intramolecular Hbond substituents is 1. The number of rotatable bonds is 3. The number of nitrogens with zero attached hydrogens (tertiary/aromatic N) is 3. The molecule has 0 saturated carbocycles. The number of fused-ring (bicyclic) bond motifs is 2. The van der Waals surface area contributed by atoms with Crippen molar-refractivity contribution in [2.24, 2.45) is 7.05 Å². The van der Waals surface area contributed by atoms with Crippen LogP contribution in [-0.4, -0.2) is 46.6 Å². The van der Waals surface area contributed by atoms with E-state index in [0.717, 1.165) is 53.9 Å². The molecule has 6 rings (SSSR count). The summed E-state index contributed by atoms with van der Waals surface area (Å²) in [5.74, 6) is 0.165. The van der Waals surface area contributed by atoms with Crippen molar-refractivity contribution in [1.29, 1.82) is 0 Å². The van der Waals surface area contributed by atoms with Gasteiger partial charge >= 0.3 is 0 Å². The Hall–Kier alpha value is -4.10. The highest BCUT2D eigenvalue weighted by molar-refractivity contribution is 6.17. The number of Topliss-reactive ketones (excluding diaryl/α,β-unsaturated/α-hetero) is 1. The summed E-state index contributed by atoms with van der Waals surface area (Å²) in [6.45, 7) is 4.00. The Labute approximate surface area is 196 Å². The second-order valence-electron chi connectivity index (χ2n) is 8.63. The molecule has 0 aliphatic carbocycles. The average molecular weight is 453 g/mol. The topological polar surface area (TPSA) is 79.6 Å². The van der Waals surface area contributed by atoms with Crippen LogP contribution in [0.5, 0.6) is 11.5 Å². The van der Waals surface area contributed by atoms with Crippen molar-refractivity contribution in [3.63, 3.8) is 0 Å². The number of anilines is 1. The normalized spacial score (nSPS) is 16.8. The predicted octanol–water partition coefficient (Wildman–Crippen LogP) is 3.97. The van der Waals surface area contributed by atoms with Gasteiger partial charge in [0.2, 0.25) is 5.78 Å². The van der Waals surface area contributed by atoms with Crippen molar-refractivity contribution in [3.05, 3.63) is 77.8 Å². The molecular weight excluding hydrogens is 428 g/mol. The molecule has 2 N–H and O–H groups in total. The van der Waals surface area contributed by atoms with Crippen LogP contribution >= 0.6 is 0 Å². The number of aromatic hydroxyl groups is 1. The molecule has 0 unspecified atom stereocenters. The van der Waals surface area contributed by atoms with E-state index in [9.17, 15) is 9.90 Å². The molecule has 0 radical (unpaired) electrons. The molecule has 1 fully saturated rings. The van der Waals surface area contributed by atoms with Crippen LogP contribution in [-0.2, 0) is 7.05 Å². The zero-order chi connectivity index (χ0) is 23.2. The highest BCUT2D eigenvalue weighted by Crippen LogP contribution is 2.39. The number of aromatic nitrogens is 2. The van der Waals surface area contributed by atoms with Gasteiger partial charge < -0.3 is 24.6 Å². The number of nitrogens with one attached hydrogen (secondary N) is 1. The van der Waals surface area contributed by atoms with Gasteiger partial charge in [-0.05, 0) is 47.5 Å². The SMILES string of the molecule is Cn1cc(C=C2Oc3cccc(O)c3C2=O)c2c(-c3ccc(N4CCNCC4)cc3)ccnc21. The third-order valence-electron chi connectivity index (χ3n) is 6.51. The number of piperazine rings is 1. The summed E-state index contributed by atoms with van der Waals surface area (Å²) >= 11 is 0. The minimum Gasteiger partial charge on any atom is -0.507 e. The lowest BCUT2D eigenvalue weighted by Gasteiger charge is -2.29. The first-order valence-corrected chi connectivity index (χ1v) is 11.4. The number of hydrogen-bond acceptors (Lipinski definition) is 6. The summed E-state index contributed by atoms with van der Waals surface area (Å²) in [5, 5.41) is 14.5. The first-order valence-electron chi connectivity index (χ1n) is 11.4. The van der Waals surface area contributed by atoms with Crippen molar-refractivity contribution in [3.8, 4) is 22.6 Å². The Morgan fingerprint density at radius 1 is 1.09 bits per heavy atom. The monoisotopic (exact) mass is 452 g/mol. The molecule has 7 nitrogen and oxygen atoms in total. The third kappa shape index (κ3) is 3.33. The minimum atomic E-state index is -0.323. The quantitative estimate of drug-likeness (QED) is 0.458. The molecule has 2 aliphatic rings. The fourth-order valence-electron chi connectivity index (χ4n) is 4.82. The maximum atomic E-state index is 12.9. The van der Waals surface area contributed by atoms with Crippen molar-refractivity contribution in [2.45, 2.75) is 0 Å². The summed E-state index contributed by atoms with van der Waals surface area (Å²) in [6, 6.07) is 15.4. The van der Waals surface area contributed by atoms with E-state index in [2.05, 4.69) is 39.5 Å². The molecule has 2 aliphatic heterocycles. The fourth-order valence-corrected chi connectivity index (χ4v) is 4.82. The molecular formula is C27H24N4O3. The maximum absolute atomic E-state index is 12.9. The lowest BCUT2D eigenvalue weighted by molar-refractivity contribution is 0.101. The molecule has 170 valence electrons. The van der Waals surface area contributed by atoms with Gasteiger partial charge in [-0.3, -0.25) is 4.79 Å². The molecule has 0 atom stereocenters. The van der Waals surface area contributed by atoms with Gasteiger partial charge in [-0.25, -0.2) is 4.98 Å². The Morgan fingerprint density at radius 3 is 2.65 bits per heavy atom. The Balaban J connectivity index is 1.42. The molecule has 2 aromatic carbocycles. The summed E-state index contributed by atoms with van der Waals surface area (Å²) < 4.78 is 7.75. The van der Waals surface area contributed by atoms with E-state index in [4.69, 9.17) is 4.74 Å². The van der Waals surface area contributed by atoms with E-state index >= 15 is 0 Å². The summed E-state index contributed by atoms with van der Waals surface area (Å²) in [4.78, 5) is 19.9. The van der Waals surface area contributed by atoms with Gasteiger partial charge in [0, 0.05) is 62.3 Å². The largest absolute Gasteiger partial charge is 0.507 e. The van der Waals surface area contributed by atoms with Gasteiger partial charge in [-0.15, -0.1) is 0 Å². The molecule has 34 heavy (non-hydrogen) atoms. The molecule has 0 amide bonds. The third-order valence-corrected chi connectivity index (χ3v) is 6.51. The van der Waals surface area contributed by atoms with Gasteiger partial charge in [-0.2, -0.15) is 0 Å². The van der Waals surface area contributed by atoms with Gasteiger partial charge in [0.1, 0.15) is 22.7 Å². The van der Waals surface area contributed by atoms with Crippen LogP contribution in [0.15, 0.2) is 66.7 Å². The molecule has 4 aromatic rings. The number of carbonyl (C=O) groups excluding carboxylic acids is 1. The zero-order valence-corrected chi connectivity index (χ0v) is 18.8. The number of pyridine rings is 1.